The molecular weight excluding hydrogens is 375 g/mol. The Balaban J connectivity index is 0.000000188. The number of nitrogens with one attached hydrogen (secondary N) is 4. The van der Waals surface area contributed by atoms with Gasteiger partial charge in [0.1, 0.15) is 5.69 Å². The van der Waals surface area contributed by atoms with E-state index in [1.165, 1.54) is 11.8 Å². The van der Waals surface area contributed by atoms with E-state index < -0.39 is 17.8 Å². The second-order valence-corrected chi connectivity index (χ2v) is 5.83. The van der Waals surface area contributed by atoms with Gasteiger partial charge in [-0.25, -0.2) is 4.98 Å². The zero-order chi connectivity index (χ0) is 20.1. The van der Waals surface area contributed by atoms with Crippen LogP contribution in [0.25, 0.3) is 11.0 Å². The molecule has 0 aliphatic rings. The van der Waals surface area contributed by atoms with Crippen molar-refractivity contribution in [3.63, 3.8) is 0 Å². The van der Waals surface area contributed by atoms with E-state index in [-0.39, 0.29) is 12.2 Å². The van der Waals surface area contributed by atoms with Crippen LogP contribution in [0.3, 0.4) is 0 Å². The number of aryl methyl sites for hydroxylation is 1. The number of rotatable bonds is 3. The smallest absolute Gasteiger partial charge is 0.346 e. The third-order valence-corrected chi connectivity index (χ3v) is 3.78. The molecule has 3 aromatic heterocycles. The molecule has 3 heterocycles. The summed E-state index contributed by atoms with van der Waals surface area (Å²) in [5.41, 5.74) is 2.73. The van der Waals surface area contributed by atoms with E-state index in [0.717, 1.165) is 11.0 Å². The summed E-state index contributed by atoms with van der Waals surface area (Å²) in [5, 5.41) is 13.7. The molecule has 0 aliphatic carbocycles. The van der Waals surface area contributed by atoms with Crippen molar-refractivity contribution in [3.8, 4) is 0 Å². The third-order valence-electron chi connectivity index (χ3n) is 3.78. The van der Waals surface area contributed by atoms with Gasteiger partial charge in [-0.3, -0.25) is 15.0 Å². The number of carbonyl (C=O) groups is 1. The molecule has 1 amide bonds. The molecule has 1 aromatic carbocycles. The van der Waals surface area contributed by atoms with Crippen LogP contribution in [-0.2, 0) is 12.7 Å². The number of carbonyl (C=O) groups excluding carboxylic acids is 1. The predicted molar refractivity (Wildman–Crippen MR) is 94.2 cm³/mol. The normalized spacial score (nSPS) is 11.1. The molecule has 146 valence electrons. The van der Waals surface area contributed by atoms with Crippen LogP contribution in [0.4, 0.5) is 13.2 Å². The second-order valence-electron chi connectivity index (χ2n) is 5.83. The van der Waals surface area contributed by atoms with E-state index in [1.807, 2.05) is 12.1 Å². The van der Waals surface area contributed by atoms with Crippen molar-refractivity contribution in [3.05, 3.63) is 65.5 Å². The fourth-order valence-corrected chi connectivity index (χ4v) is 2.34. The summed E-state index contributed by atoms with van der Waals surface area (Å²) in [6, 6.07) is 6.76. The quantitative estimate of drug-likeness (QED) is 0.430. The zero-order valence-electron chi connectivity index (χ0n) is 14.6. The Bertz CT molecular complexity index is 1050. The molecule has 4 N–H and O–H groups in total. The highest BCUT2D eigenvalue weighted by Crippen LogP contribution is 2.27. The number of alkyl halides is 3. The third kappa shape index (κ3) is 4.55. The van der Waals surface area contributed by atoms with Crippen LogP contribution < -0.4 is 5.32 Å². The lowest BCUT2D eigenvalue weighted by Gasteiger charge is -2.00. The fourth-order valence-electron chi connectivity index (χ4n) is 2.34. The van der Waals surface area contributed by atoms with Gasteiger partial charge in [-0.1, -0.05) is 12.1 Å². The topological polar surface area (TPSA) is 115 Å². The van der Waals surface area contributed by atoms with E-state index in [4.69, 9.17) is 0 Å². The number of H-pyrrole nitrogens is 3. The Hall–Kier alpha value is -3.63. The Labute approximate surface area is 156 Å². The Kier molecular flexibility index (Phi) is 5.43. The van der Waals surface area contributed by atoms with Gasteiger partial charge in [0.25, 0.3) is 5.91 Å². The van der Waals surface area contributed by atoms with Crippen molar-refractivity contribution in [1.29, 1.82) is 0 Å². The Morgan fingerprint density at radius 3 is 2.75 bits per heavy atom. The van der Waals surface area contributed by atoms with E-state index >= 15 is 0 Å². The molecule has 4 aromatic rings. The van der Waals surface area contributed by atoms with Crippen molar-refractivity contribution < 1.29 is 18.0 Å². The molecule has 0 bridgehead atoms. The van der Waals surface area contributed by atoms with Gasteiger partial charge in [0, 0.05) is 24.4 Å². The molecule has 0 spiro atoms. The molecular formula is C17H16F3N7O. The number of imidazole rings is 1. The Morgan fingerprint density at radius 2 is 2.11 bits per heavy atom. The van der Waals surface area contributed by atoms with Crippen LogP contribution in [0, 0.1) is 6.92 Å². The van der Waals surface area contributed by atoms with Crippen molar-refractivity contribution in [1.82, 2.24) is 35.7 Å². The Morgan fingerprint density at radius 1 is 1.29 bits per heavy atom. The average molecular weight is 391 g/mol. The molecule has 0 saturated carbocycles. The van der Waals surface area contributed by atoms with Gasteiger partial charge in [0.15, 0.2) is 5.69 Å². The van der Waals surface area contributed by atoms with Gasteiger partial charge in [-0.15, -0.1) is 0 Å². The summed E-state index contributed by atoms with van der Waals surface area (Å²) in [6.07, 6.45) is 0.228. The highest BCUT2D eigenvalue weighted by molar-refractivity contribution is 5.92. The van der Waals surface area contributed by atoms with Crippen LogP contribution in [0.1, 0.15) is 27.3 Å². The number of aromatic nitrogens is 6. The zero-order valence-corrected chi connectivity index (χ0v) is 14.6. The first-order chi connectivity index (χ1) is 13.3. The summed E-state index contributed by atoms with van der Waals surface area (Å²) in [4.78, 5) is 18.7. The molecule has 0 aliphatic heterocycles. The van der Waals surface area contributed by atoms with Gasteiger partial charge in [-0.2, -0.15) is 23.4 Å². The van der Waals surface area contributed by atoms with Gasteiger partial charge in [0.05, 0.1) is 23.6 Å². The minimum atomic E-state index is -4.55. The van der Waals surface area contributed by atoms with Crippen LogP contribution in [0.5, 0.6) is 0 Å². The number of aromatic amines is 3. The van der Waals surface area contributed by atoms with Crippen LogP contribution in [-0.4, -0.2) is 36.3 Å². The summed E-state index contributed by atoms with van der Waals surface area (Å²) >= 11 is 0. The SMILES string of the molecule is Cc1cccc2[nH]cnc12.O=C(NCc1cn[nH]c1)c1cc(C(F)(F)F)[nH]n1. The lowest BCUT2D eigenvalue weighted by molar-refractivity contribution is -0.141. The number of hydrogen-bond acceptors (Lipinski definition) is 4. The summed E-state index contributed by atoms with van der Waals surface area (Å²) in [6.45, 7) is 2.21. The first-order valence-electron chi connectivity index (χ1n) is 8.12. The molecule has 11 heteroatoms. The van der Waals surface area contributed by atoms with Gasteiger partial charge >= 0.3 is 6.18 Å². The maximum absolute atomic E-state index is 12.3. The van der Waals surface area contributed by atoms with Crippen LogP contribution in [0.2, 0.25) is 0 Å². The highest BCUT2D eigenvalue weighted by atomic mass is 19.4. The number of fused-ring (bicyclic) bond motifs is 1. The first-order valence-corrected chi connectivity index (χ1v) is 8.12. The van der Waals surface area contributed by atoms with Crippen molar-refractivity contribution >= 4 is 16.9 Å². The molecule has 28 heavy (non-hydrogen) atoms. The maximum atomic E-state index is 12.3. The second kappa shape index (κ2) is 7.94. The predicted octanol–water partition coefficient (Wildman–Crippen LogP) is 2.95. The molecule has 0 atom stereocenters. The maximum Gasteiger partial charge on any atom is 0.432 e. The number of amides is 1. The monoisotopic (exact) mass is 391 g/mol. The number of halogens is 3. The molecule has 0 fully saturated rings. The minimum absolute atomic E-state index is 0.156. The van der Waals surface area contributed by atoms with E-state index in [9.17, 15) is 18.0 Å². The minimum Gasteiger partial charge on any atom is -0.346 e. The van der Waals surface area contributed by atoms with Gasteiger partial charge < -0.3 is 10.3 Å². The summed E-state index contributed by atoms with van der Waals surface area (Å²) < 4.78 is 36.8. The number of benzene rings is 1. The van der Waals surface area contributed by atoms with E-state index in [0.29, 0.717) is 11.6 Å². The molecule has 0 saturated heterocycles. The van der Waals surface area contributed by atoms with Gasteiger partial charge in [0.2, 0.25) is 0 Å². The summed E-state index contributed by atoms with van der Waals surface area (Å²) in [5.74, 6) is -0.692. The van der Waals surface area contributed by atoms with E-state index in [2.05, 4.69) is 43.6 Å². The number of hydrogen-bond donors (Lipinski definition) is 4. The average Bonchev–Trinajstić information content (AvgIpc) is 3.40. The molecule has 0 radical (unpaired) electrons. The van der Waals surface area contributed by atoms with Crippen molar-refractivity contribution in [2.24, 2.45) is 0 Å². The first kappa shape index (κ1) is 19.1. The van der Waals surface area contributed by atoms with Crippen LogP contribution in [0.15, 0.2) is 43.0 Å². The molecule has 8 nitrogen and oxygen atoms in total. The van der Waals surface area contributed by atoms with Crippen molar-refractivity contribution in [2.45, 2.75) is 19.6 Å². The van der Waals surface area contributed by atoms with Crippen LogP contribution >= 0.6 is 0 Å². The molecule has 4 rings (SSSR count). The summed E-state index contributed by atoms with van der Waals surface area (Å²) in [7, 11) is 0. The molecule has 0 unspecified atom stereocenters. The highest BCUT2D eigenvalue weighted by Gasteiger charge is 2.33. The number of para-hydroxylation sites is 1. The largest absolute Gasteiger partial charge is 0.432 e. The van der Waals surface area contributed by atoms with E-state index in [1.54, 1.807) is 17.6 Å². The lowest BCUT2D eigenvalue weighted by atomic mass is 10.2. The van der Waals surface area contributed by atoms with Gasteiger partial charge in [-0.05, 0) is 18.6 Å². The fraction of sp³-hybridized carbons (Fsp3) is 0.176. The standard InChI is InChI=1S/C9H8F3N5O.C8H8N2/c10-9(11,12)7-1-6(16-17-7)8(18)13-2-5-3-14-15-4-5;1-6-3-2-4-7-8(6)10-5-9-7/h1,3-4H,2H2,(H,13,18)(H,14,15)(H,16,17);2-5H,1H3,(H,9,10). The lowest BCUT2D eigenvalue weighted by Crippen LogP contribution is -2.22. The van der Waals surface area contributed by atoms with Crippen molar-refractivity contribution in [2.75, 3.05) is 0 Å². The number of nitrogens with zero attached hydrogens (tertiary/aromatic N) is 3.